The Morgan fingerprint density at radius 1 is 0.718 bits per heavy atom. The molecule has 0 saturated heterocycles. The molecule has 0 spiro atoms. The first-order valence-corrected chi connectivity index (χ1v) is 14.5. The minimum atomic E-state index is -0.346. The van der Waals surface area contributed by atoms with E-state index in [0.717, 1.165) is 29.9 Å². The van der Waals surface area contributed by atoms with Crippen LogP contribution in [0.2, 0.25) is 0 Å². The molecule has 206 valence electrons. The number of benzene rings is 3. The molecule has 39 heavy (non-hydrogen) atoms. The van der Waals surface area contributed by atoms with E-state index in [4.69, 9.17) is 4.74 Å². The van der Waals surface area contributed by atoms with E-state index in [1.165, 1.54) is 106 Å². The van der Waals surface area contributed by atoms with Gasteiger partial charge in [-0.05, 0) is 85.4 Å². The molecule has 3 aromatic rings. The van der Waals surface area contributed by atoms with Crippen LogP contribution in [0, 0.1) is 5.82 Å². The van der Waals surface area contributed by atoms with Crippen molar-refractivity contribution in [2.75, 3.05) is 6.61 Å². The maximum atomic E-state index is 13.0. The molecule has 3 heteroatoms. The van der Waals surface area contributed by atoms with Crippen LogP contribution >= 0.6 is 0 Å². The zero-order valence-corrected chi connectivity index (χ0v) is 23.5. The lowest BCUT2D eigenvalue weighted by atomic mass is 10.0. The van der Waals surface area contributed by atoms with Gasteiger partial charge in [0.05, 0.1) is 6.61 Å². The first-order valence-electron chi connectivity index (χ1n) is 14.5. The van der Waals surface area contributed by atoms with Crippen molar-refractivity contribution in [3.8, 4) is 5.75 Å². The molecule has 0 aliphatic rings. The highest BCUT2D eigenvalue weighted by Gasteiger charge is 2.02. The molecule has 0 atom stereocenters. The number of rotatable bonds is 18. The minimum absolute atomic E-state index is 0.146. The monoisotopic (exact) mass is 526 g/mol. The number of halogens is 1. The third-order valence-electron chi connectivity index (χ3n) is 7.01. The molecule has 0 heterocycles. The van der Waals surface area contributed by atoms with E-state index < -0.39 is 0 Å². The number of allylic oxidation sites excluding steroid dienone is 2. The molecule has 0 unspecified atom stereocenters. The largest absolute Gasteiger partial charge is 0.494 e. The molecular formula is C36H43FO2. The van der Waals surface area contributed by atoms with E-state index in [9.17, 15) is 9.18 Å². The van der Waals surface area contributed by atoms with Crippen LogP contribution in [0.1, 0.15) is 98.2 Å². The summed E-state index contributed by atoms with van der Waals surface area (Å²) in [6.07, 6.45) is 17.3. The van der Waals surface area contributed by atoms with E-state index in [1.807, 2.05) is 24.3 Å². The summed E-state index contributed by atoms with van der Waals surface area (Å²) in [5.41, 5.74) is 5.20. The van der Waals surface area contributed by atoms with Gasteiger partial charge in [0.15, 0.2) is 5.78 Å². The Balaban J connectivity index is 1.15. The summed E-state index contributed by atoms with van der Waals surface area (Å²) in [6, 6.07) is 22.2. The topological polar surface area (TPSA) is 26.3 Å². The van der Waals surface area contributed by atoms with Crippen LogP contribution in [-0.4, -0.2) is 12.4 Å². The molecule has 0 radical (unpaired) electrons. The molecule has 2 nitrogen and oxygen atoms in total. The summed E-state index contributed by atoms with van der Waals surface area (Å²) >= 11 is 0. The van der Waals surface area contributed by atoms with Gasteiger partial charge in [-0.25, -0.2) is 4.39 Å². The second kappa shape index (κ2) is 17.2. The number of hydrogen-bond donors (Lipinski definition) is 0. The molecule has 0 aliphatic heterocycles. The molecular weight excluding hydrogens is 483 g/mol. The zero-order chi connectivity index (χ0) is 27.7. The Hall–Kier alpha value is -3.46. The smallest absolute Gasteiger partial charge is 0.185 e. The summed E-state index contributed by atoms with van der Waals surface area (Å²) in [5, 5.41) is 0. The summed E-state index contributed by atoms with van der Waals surface area (Å²) in [4.78, 5) is 12.2. The van der Waals surface area contributed by atoms with Crippen molar-refractivity contribution < 1.29 is 13.9 Å². The molecule has 0 aromatic heterocycles. The van der Waals surface area contributed by atoms with Crippen LogP contribution in [0.3, 0.4) is 0 Å². The molecule has 0 saturated carbocycles. The van der Waals surface area contributed by atoms with Crippen LogP contribution < -0.4 is 4.74 Å². The Morgan fingerprint density at radius 2 is 1.26 bits per heavy atom. The van der Waals surface area contributed by atoms with Crippen LogP contribution in [0.15, 0.2) is 85.5 Å². The fourth-order valence-electron chi connectivity index (χ4n) is 4.55. The lowest BCUT2D eigenvalue weighted by molar-refractivity contribution is 0.104. The van der Waals surface area contributed by atoms with Crippen LogP contribution in [0.25, 0.3) is 11.6 Å². The first-order chi connectivity index (χ1) is 19.0. The zero-order valence-electron chi connectivity index (χ0n) is 23.5. The molecule has 0 N–H and O–H groups in total. The van der Waals surface area contributed by atoms with E-state index in [1.54, 1.807) is 6.08 Å². The molecule has 3 aromatic carbocycles. The highest BCUT2D eigenvalue weighted by atomic mass is 19.1. The maximum Gasteiger partial charge on any atom is 0.185 e. The number of ether oxygens (including phenoxy) is 1. The third-order valence-corrected chi connectivity index (χ3v) is 7.01. The molecule has 3 rings (SSSR count). The van der Waals surface area contributed by atoms with Crippen LogP contribution in [0.5, 0.6) is 5.75 Å². The Labute approximate surface area is 234 Å². The first kappa shape index (κ1) is 30.1. The average Bonchev–Trinajstić information content (AvgIpc) is 2.95. The van der Waals surface area contributed by atoms with Gasteiger partial charge in [0.2, 0.25) is 0 Å². The fourth-order valence-corrected chi connectivity index (χ4v) is 4.55. The van der Waals surface area contributed by atoms with Crippen molar-refractivity contribution in [1.29, 1.82) is 0 Å². The highest BCUT2D eigenvalue weighted by Crippen LogP contribution is 2.17. The SMILES string of the molecule is C=C(C)c1ccc(CCCCCCCCCCCCOc2ccc(/C=C/C(=O)c3ccc(F)cc3)cc2)cc1. The Kier molecular flexibility index (Phi) is 13.3. The molecule has 0 amide bonds. The fraction of sp³-hybridized carbons (Fsp3) is 0.361. The van der Waals surface area contributed by atoms with Gasteiger partial charge in [0.1, 0.15) is 11.6 Å². The predicted octanol–water partition coefficient (Wildman–Crippen LogP) is 10.3. The maximum absolute atomic E-state index is 13.0. The minimum Gasteiger partial charge on any atom is -0.494 e. The van der Waals surface area contributed by atoms with E-state index >= 15 is 0 Å². The van der Waals surface area contributed by atoms with Gasteiger partial charge in [-0.15, -0.1) is 0 Å². The summed E-state index contributed by atoms with van der Waals surface area (Å²) < 4.78 is 18.9. The van der Waals surface area contributed by atoms with Crippen molar-refractivity contribution in [3.63, 3.8) is 0 Å². The number of ketones is 1. The van der Waals surface area contributed by atoms with Crippen molar-refractivity contribution in [1.82, 2.24) is 0 Å². The third kappa shape index (κ3) is 11.9. The Bertz CT molecular complexity index is 1160. The van der Waals surface area contributed by atoms with E-state index in [-0.39, 0.29) is 11.6 Å². The lowest BCUT2D eigenvalue weighted by Crippen LogP contribution is -1.97. The van der Waals surface area contributed by atoms with Gasteiger partial charge in [-0.3, -0.25) is 4.79 Å². The number of carbonyl (C=O) groups excluding carboxylic acids is 1. The number of aryl methyl sites for hydroxylation is 1. The lowest BCUT2D eigenvalue weighted by Gasteiger charge is -2.07. The van der Waals surface area contributed by atoms with Gasteiger partial charge in [-0.1, -0.05) is 106 Å². The van der Waals surface area contributed by atoms with Crippen molar-refractivity contribution >= 4 is 17.4 Å². The number of carbonyl (C=O) groups is 1. The summed E-state index contributed by atoms with van der Waals surface area (Å²) in [5.74, 6) is 0.355. The Morgan fingerprint density at radius 3 is 1.85 bits per heavy atom. The number of hydrogen-bond acceptors (Lipinski definition) is 2. The second-order valence-electron chi connectivity index (χ2n) is 10.4. The van der Waals surface area contributed by atoms with Crippen molar-refractivity contribution in [2.45, 2.75) is 77.6 Å². The van der Waals surface area contributed by atoms with Crippen molar-refractivity contribution in [2.24, 2.45) is 0 Å². The van der Waals surface area contributed by atoms with Gasteiger partial charge < -0.3 is 4.74 Å². The number of unbranched alkanes of at least 4 members (excludes halogenated alkanes) is 9. The van der Waals surface area contributed by atoms with E-state index in [0.29, 0.717) is 5.56 Å². The quantitative estimate of drug-likeness (QED) is 0.0936. The predicted molar refractivity (Wildman–Crippen MR) is 163 cm³/mol. The summed E-state index contributed by atoms with van der Waals surface area (Å²) in [6.45, 7) is 6.78. The van der Waals surface area contributed by atoms with Crippen molar-refractivity contribution in [3.05, 3.63) is 114 Å². The van der Waals surface area contributed by atoms with Gasteiger partial charge in [0.25, 0.3) is 0 Å². The second-order valence-corrected chi connectivity index (χ2v) is 10.4. The molecule has 0 bridgehead atoms. The average molecular weight is 527 g/mol. The summed E-state index contributed by atoms with van der Waals surface area (Å²) in [7, 11) is 0. The van der Waals surface area contributed by atoms with Gasteiger partial charge in [-0.2, -0.15) is 0 Å². The van der Waals surface area contributed by atoms with Crippen LogP contribution in [0.4, 0.5) is 4.39 Å². The van der Waals surface area contributed by atoms with Gasteiger partial charge in [0, 0.05) is 5.56 Å². The van der Waals surface area contributed by atoms with E-state index in [2.05, 4.69) is 37.8 Å². The van der Waals surface area contributed by atoms with Crippen LogP contribution in [-0.2, 0) is 6.42 Å². The normalized spacial score (nSPS) is 11.1. The van der Waals surface area contributed by atoms with Gasteiger partial charge >= 0.3 is 0 Å². The molecule has 0 aliphatic carbocycles. The highest BCUT2D eigenvalue weighted by molar-refractivity contribution is 6.06. The molecule has 0 fully saturated rings. The standard InChI is InChI=1S/C36H43FO2/c1-29(2)32-19-14-30(15-20-32)13-11-9-7-5-3-4-6-8-10-12-28-39-35-25-16-31(17-26-35)18-27-36(38)33-21-23-34(37)24-22-33/h14-27H,1,3-13,28H2,2H3/b27-18+.